The van der Waals surface area contributed by atoms with Gasteiger partial charge >= 0.3 is 6.03 Å². The van der Waals surface area contributed by atoms with Crippen LogP contribution in [0.2, 0.25) is 0 Å². The van der Waals surface area contributed by atoms with Crippen molar-refractivity contribution in [3.63, 3.8) is 0 Å². The second kappa shape index (κ2) is 7.04. The van der Waals surface area contributed by atoms with Crippen molar-refractivity contribution in [2.24, 2.45) is 0 Å². The Bertz CT molecular complexity index is 673. The van der Waals surface area contributed by atoms with E-state index in [0.29, 0.717) is 13.1 Å². The number of benzene rings is 1. The highest BCUT2D eigenvalue weighted by atomic mass is 16.5. The van der Waals surface area contributed by atoms with Crippen LogP contribution in [-0.2, 0) is 17.6 Å². The molecule has 6 heteroatoms. The summed E-state index contributed by atoms with van der Waals surface area (Å²) < 4.78 is 5.99. The largest absolute Gasteiger partial charge is 0.493 e. The van der Waals surface area contributed by atoms with Gasteiger partial charge in [-0.2, -0.15) is 0 Å². The Morgan fingerprint density at radius 2 is 1.96 bits per heavy atom. The summed E-state index contributed by atoms with van der Waals surface area (Å²) in [6, 6.07) is 4.48. The van der Waals surface area contributed by atoms with Crippen LogP contribution in [0.1, 0.15) is 48.4 Å². The minimum absolute atomic E-state index is 0.116. The third kappa shape index (κ3) is 3.35. The number of rotatable bonds is 4. The molecule has 0 spiro atoms. The second-order valence-electron chi connectivity index (χ2n) is 7.07. The van der Waals surface area contributed by atoms with Gasteiger partial charge in [0.15, 0.2) is 0 Å². The maximum atomic E-state index is 11.7. The number of urea groups is 1. The summed E-state index contributed by atoms with van der Waals surface area (Å²) in [4.78, 5) is 24.6. The molecule has 3 amide bonds. The summed E-state index contributed by atoms with van der Waals surface area (Å²) in [5.74, 6) is 0.858. The van der Waals surface area contributed by atoms with Crippen LogP contribution in [-0.4, -0.2) is 43.1 Å². The van der Waals surface area contributed by atoms with Crippen LogP contribution in [0.3, 0.4) is 0 Å². The molecule has 2 aliphatic heterocycles. The number of imide groups is 1. The normalized spacial score (nSPS) is 22.7. The number of nitrogens with one attached hydrogen (secondary N) is 2. The molecule has 1 atom stereocenters. The maximum Gasteiger partial charge on any atom is 0.324 e. The number of carbonyl (C=O) groups is 2. The molecule has 0 radical (unpaired) electrons. The monoisotopic (exact) mass is 343 g/mol. The third-order valence-electron chi connectivity index (χ3n) is 5.41. The Morgan fingerprint density at radius 3 is 2.72 bits per heavy atom. The first-order valence-corrected chi connectivity index (χ1v) is 9.32. The molecule has 0 bridgehead atoms. The Morgan fingerprint density at radius 1 is 1.16 bits per heavy atom. The summed E-state index contributed by atoms with van der Waals surface area (Å²) >= 11 is 0. The Kier molecular flexibility index (Phi) is 4.61. The zero-order valence-corrected chi connectivity index (χ0v) is 14.5. The van der Waals surface area contributed by atoms with Gasteiger partial charge in [0, 0.05) is 24.7 Å². The minimum atomic E-state index is -0.287. The number of aryl methyl sites for hydroxylation is 2. The number of ether oxygens (including phenoxy) is 1. The number of carbonyl (C=O) groups excluding carboxylic acids is 2. The molecule has 0 saturated carbocycles. The first-order valence-electron chi connectivity index (χ1n) is 9.32. The van der Waals surface area contributed by atoms with Crippen molar-refractivity contribution in [1.82, 2.24) is 15.5 Å². The lowest BCUT2D eigenvalue weighted by Crippen LogP contribution is -2.38. The van der Waals surface area contributed by atoms with Crippen molar-refractivity contribution in [3.05, 3.63) is 28.8 Å². The van der Waals surface area contributed by atoms with Crippen molar-refractivity contribution in [3.8, 4) is 5.75 Å². The lowest BCUT2D eigenvalue weighted by atomic mass is 9.88. The lowest BCUT2D eigenvalue weighted by Gasteiger charge is -2.23. The van der Waals surface area contributed by atoms with E-state index in [1.54, 1.807) is 0 Å². The molecule has 134 valence electrons. The average molecular weight is 343 g/mol. The number of amides is 3. The van der Waals surface area contributed by atoms with E-state index in [-0.39, 0.29) is 24.5 Å². The highest BCUT2D eigenvalue weighted by molar-refractivity contribution is 6.01. The van der Waals surface area contributed by atoms with Gasteiger partial charge in [-0.3, -0.25) is 9.69 Å². The highest BCUT2D eigenvalue weighted by Crippen LogP contribution is 2.36. The van der Waals surface area contributed by atoms with Crippen LogP contribution in [0.5, 0.6) is 5.75 Å². The average Bonchev–Trinajstić information content (AvgIpc) is 2.82. The second-order valence-corrected chi connectivity index (χ2v) is 7.07. The fourth-order valence-electron chi connectivity index (χ4n) is 4.05. The van der Waals surface area contributed by atoms with E-state index in [9.17, 15) is 9.59 Å². The van der Waals surface area contributed by atoms with Crippen molar-refractivity contribution in [2.75, 3.05) is 26.2 Å². The molecule has 1 fully saturated rings. The van der Waals surface area contributed by atoms with Crippen LogP contribution in [0.15, 0.2) is 12.1 Å². The molecule has 25 heavy (non-hydrogen) atoms. The fourth-order valence-corrected chi connectivity index (χ4v) is 4.05. The number of fused-ring (bicyclic) bond motifs is 2. The van der Waals surface area contributed by atoms with Crippen molar-refractivity contribution in [2.45, 2.75) is 44.6 Å². The summed E-state index contributed by atoms with van der Waals surface area (Å²) in [5.41, 5.74) is 4.12. The summed E-state index contributed by atoms with van der Waals surface area (Å²) in [6.07, 6.45) is 6.83. The van der Waals surface area contributed by atoms with Crippen LogP contribution < -0.4 is 15.4 Å². The molecule has 6 nitrogen and oxygen atoms in total. The van der Waals surface area contributed by atoms with Gasteiger partial charge in [0.05, 0.1) is 13.2 Å². The molecule has 4 rings (SSSR count). The predicted molar refractivity (Wildman–Crippen MR) is 93.7 cm³/mol. The molecular weight excluding hydrogens is 318 g/mol. The predicted octanol–water partition coefficient (Wildman–Crippen LogP) is 1.92. The molecule has 2 N–H and O–H groups in total. The van der Waals surface area contributed by atoms with Crippen LogP contribution in [0.25, 0.3) is 0 Å². The number of nitrogens with zero attached hydrogens (tertiary/aromatic N) is 1. The van der Waals surface area contributed by atoms with E-state index >= 15 is 0 Å². The molecule has 1 aliphatic carbocycles. The standard InChI is InChI=1S/C19H25N3O3/c23-18-12-21-19(24)22(18)8-7-20-16-6-3-9-25-17-11-14-5-2-1-4-13(14)10-15(16)17/h10-11,16,20H,1-9,12H2,(H,21,24)/t16-/m1/s1. The third-order valence-corrected chi connectivity index (χ3v) is 5.41. The SMILES string of the molecule is O=C1CNC(=O)N1CCN[C@@H]1CCCOc2cc3c(cc21)CCCC3. The van der Waals surface area contributed by atoms with Crippen LogP contribution in [0.4, 0.5) is 4.79 Å². The van der Waals surface area contributed by atoms with E-state index in [4.69, 9.17) is 4.74 Å². The quantitative estimate of drug-likeness (QED) is 0.820. The van der Waals surface area contributed by atoms with Gasteiger partial charge in [-0.15, -0.1) is 0 Å². The van der Waals surface area contributed by atoms with Gasteiger partial charge < -0.3 is 15.4 Å². The fraction of sp³-hybridized carbons (Fsp3) is 0.579. The summed E-state index contributed by atoms with van der Waals surface area (Å²) in [6.45, 7) is 1.87. The van der Waals surface area contributed by atoms with Gasteiger partial charge in [-0.05, 0) is 55.7 Å². The lowest BCUT2D eigenvalue weighted by molar-refractivity contribution is -0.124. The molecule has 1 aromatic carbocycles. The van der Waals surface area contributed by atoms with E-state index in [2.05, 4.69) is 22.8 Å². The topological polar surface area (TPSA) is 70.7 Å². The first-order chi connectivity index (χ1) is 12.2. The van der Waals surface area contributed by atoms with Crippen molar-refractivity contribution < 1.29 is 14.3 Å². The zero-order valence-electron chi connectivity index (χ0n) is 14.5. The summed E-state index contributed by atoms with van der Waals surface area (Å²) in [5, 5.41) is 6.10. The molecule has 3 aliphatic rings. The zero-order chi connectivity index (χ0) is 17.2. The number of hydrogen-bond acceptors (Lipinski definition) is 4. The molecule has 1 aromatic rings. The van der Waals surface area contributed by atoms with Crippen LogP contribution in [0, 0.1) is 0 Å². The highest BCUT2D eigenvalue weighted by Gasteiger charge is 2.28. The van der Waals surface area contributed by atoms with Crippen molar-refractivity contribution in [1.29, 1.82) is 0 Å². The Balaban J connectivity index is 1.47. The van der Waals surface area contributed by atoms with E-state index in [1.165, 1.54) is 34.4 Å². The summed E-state index contributed by atoms with van der Waals surface area (Å²) in [7, 11) is 0. The van der Waals surface area contributed by atoms with Gasteiger partial charge in [0.2, 0.25) is 5.91 Å². The smallest absolute Gasteiger partial charge is 0.324 e. The Labute approximate surface area is 147 Å². The van der Waals surface area contributed by atoms with E-state index < -0.39 is 0 Å². The van der Waals surface area contributed by atoms with Gasteiger partial charge in [0.1, 0.15) is 5.75 Å². The number of hydrogen-bond donors (Lipinski definition) is 2. The van der Waals surface area contributed by atoms with E-state index in [0.717, 1.165) is 38.0 Å². The van der Waals surface area contributed by atoms with Crippen LogP contribution >= 0.6 is 0 Å². The molecule has 2 heterocycles. The van der Waals surface area contributed by atoms with Gasteiger partial charge in [-0.1, -0.05) is 6.07 Å². The molecule has 1 saturated heterocycles. The van der Waals surface area contributed by atoms with E-state index in [1.807, 2.05) is 0 Å². The minimum Gasteiger partial charge on any atom is -0.493 e. The maximum absolute atomic E-state index is 11.7. The van der Waals surface area contributed by atoms with Crippen molar-refractivity contribution >= 4 is 11.9 Å². The van der Waals surface area contributed by atoms with Gasteiger partial charge in [0.25, 0.3) is 0 Å². The Hall–Kier alpha value is -2.08. The molecular formula is C19H25N3O3. The van der Waals surface area contributed by atoms with Gasteiger partial charge in [-0.25, -0.2) is 4.79 Å². The first kappa shape index (κ1) is 16.4. The molecule has 0 aromatic heterocycles. The molecule has 0 unspecified atom stereocenters.